The van der Waals surface area contributed by atoms with Crippen LogP contribution in [0.3, 0.4) is 0 Å². The van der Waals surface area contributed by atoms with Crippen LogP contribution < -0.4 is 5.32 Å². The molecule has 0 aromatic rings. The summed E-state index contributed by atoms with van der Waals surface area (Å²) in [6.45, 7) is 8.09. The first kappa shape index (κ1) is 13.0. The van der Waals surface area contributed by atoms with Gasteiger partial charge in [0.05, 0.1) is 0 Å². The van der Waals surface area contributed by atoms with E-state index >= 15 is 0 Å². The lowest BCUT2D eigenvalue weighted by atomic mass is 9.71. The zero-order valence-corrected chi connectivity index (χ0v) is 10.9. The molecule has 1 heteroatoms. The molecule has 1 fully saturated rings. The van der Waals surface area contributed by atoms with Crippen molar-refractivity contribution in [1.82, 2.24) is 5.32 Å². The van der Waals surface area contributed by atoms with Crippen molar-refractivity contribution in [2.75, 3.05) is 6.54 Å². The Morgan fingerprint density at radius 2 is 1.80 bits per heavy atom. The predicted molar refractivity (Wildman–Crippen MR) is 68.2 cm³/mol. The number of unbranched alkanes of at least 4 members (excludes halogenated alkanes) is 1. The molecule has 0 aliphatic heterocycles. The summed E-state index contributed by atoms with van der Waals surface area (Å²) in [5.41, 5.74) is 0.651. The van der Waals surface area contributed by atoms with E-state index in [1.54, 1.807) is 0 Å². The van der Waals surface area contributed by atoms with Gasteiger partial charge in [0, 0.05) is 12.6 Å². The van der Waals surface area contributed by atoms with Crippen LogP contribution in [0.25, 0.3) is 0 Å². The second-order valence-corrected chi connectivity index (χ2v) is 5.70. The number of rotatable bonds is 6. The minimum absolute atomic E-state index is 0.644. The lowest BCUT2D eigenvalue weighted by molar-refractivity contribution is 0.158. The number of hydrogen-bond donors (Lipinski definition) is 1. The molecule has 1 rings (SSSR count). The first-order chi connectivity index (χ1) is 7.18. The Kier molecular flexibility index (Phi) is 5.66. The normalized spacial score (nSPS) is 20.8. The van der Waals surface area contributed by atoms with Crippen molar-refractivity contribution < 1.29 is 0 Å². The first-order valence-electron chi connectivity index (χ1n) is 6.92. The summed E-state index contributed by atoms with van der Waals surface area (Å²) in [6.07, 6.45) is 11.5. The lowest BCUT2D eigenvalue weighted by Crippen LogP contribution is -2.39. The summed E-state index contributed by atoms with van der Waals surface area (Å²) in [6, 6.07) is 0.644. The van der Waals surface area contributed by atoms with Gasteiger partial charge in [0.2, 0.25) is 0 Å². The van der Waals surface area contributed by atoms with Crippen LogP contribution in [0.15, 0.2) is 0 Å². The molecule has 0 saturated heterocycles. The van der Waals surface area contributed by atoms with Crippen molar-refractivity contribution in [2.24, 2.45) is 5.41 Å². The smallest absolute Gasteiger partial charge is 0.00106 e. The molecule has 90 valence electrons. The second kappa shape index (κ2) is 6.52. The van der Waals surface area contributed by atoms with Crippen LogP contribution in [0.4, 0.5) is 0 Å². The molecule has 1 saturated carbocycles. The van der Waals surface area contributed by atoms with E-state index in [4.69, 9.17) is 0 Å². The van der Waals surface area contributed by atoms with Crippen LogP contribution >= 0.6 is 0 Å². The molecule has 0 bridgehead atoms. The molecule has 0 aromatic heterocycles. The molecule has 0 spiro atoms. The summed E-state index contributed by atoms with van der Waals surface area (Å²) in [5, 5.41) is 3.66. The van der Waals surface area contributed by atoms with Crippen LogP contribution in [0.1, 0.15) is 72.1 Å². The van der Waals surface area contributed by atoms with Gasteiger partial charge in [-0.3, -0.25) is 0 Å². The van der Waals surface area contributed by atoms with Gasteiger partial charge in [-0.05, 0) is 24.7 Å². The fourth-order valence-electron chi connectivity index (χ4n) is 2.79. The second-order valence-electron chi connectivity index (χ2n) is 5.70. The van der Waals surface area contributed by atoms with Gasteiger partial charge in [-0.1, -0.05) is 52.9 Å². The number of hydrogen-bond acceptors (Lipinski definition) is 1. The molecule has 1 nitrogen and oxygen atoms in total. The van der Waals surface area contributed by atoms with Gasteiger partial charge in [0.15, 0.2) is 0 Å². The topological polar surface area (TPSA) is 12.0 Å². The van der Waals surface area contributed by atoms with Gasteiger partial charge in [-0.15, -0.1) is 0 Å². The van der Waals surface area contributed by atoms with Crippen molar-refractivity contribution in [1.29, 1.82) is 0 Å². The molecule has 0 radical (unpaired) electrons. The van der Waals surface area contributed by atoms with Crippen LogP contribution in [0, 0.1) is 5.41 Å². The minimum atomic E-state index is 0.644. The Bertz CT molecular complexity index is 157. The predicted octanol–water partition coefficient (Wildman–Crippen LogP) is 4.13. The van der Waals surface area contributed by atoms with Crippen molar-refractivity contribution in [2.45, 2.75) is 78.2 Å². The third-order valence-corrected chi connectivity index (χ3v) is 3.86. The minimum Gasteiger partial charge on any atom is -0.314 e. The Morgan fingerprint density at radius 3 is 2.33 bits per heavy atom. The van der Waals surface area contributed by atoms with Gasteiger partial charge in [0.1, 0.15) is 0 Å². The maximum atomic E-state index is 3.66. The zero-order valence-electron chi connectivity index (χ0n) is 10.9. The molecular weight excluding hydrogens is 182 g/mol. The fourth-order valence-corrected chi connectivity index (χ4v) is 2.79. The Balaban J connectivity index is 2.42. The third kappa shape index (κ3) is 4.55. The van der Waals surface area contributed by atoms with Crippen LogP contribution in [0.5, 0.6) is 0 Å². The molecule has 1 aliphatic rings. The molecular formula is C14H29N. The Morgan fingerprint density at radius 1 is 1.13 bits per heavy atom. The lowest BCUT2D eigenvalue weighted by Gasteiger charge is -2.38. The highest BCUT2D eigenvalue weighted by Crippen LogP contribution is 2.40. The SMILES string of the molecule is CCCCC1(CNC(C)C)CCCCC1. The van der Waals surface area contributed by atoms with Gasteiger partial charge >= 0.3 is 0 Å². The van der Waals surface area contributed by atoms with Crippen molar-refractivity contribution in [3.8, 4) is 0 Å². The van der Waals surface area contributed by atoms with Crippen LogP contribution in [-0.2, 0) is 0 Å². The fraction of sp³-hybridized carbons (Fsp3) is 1.00. The maximum absolute atomic E-state index is 3.66. The average molecular weight is 211 g/mol. The molecule has 0 unspecified atom stereocenters. The van der Waals surface area contributed by atoms with Gasteiger partial charge < -0.3 is 5.32 Å². The highest BCUT2D eigenvalue weighted by atomic mass is 14.9. The molecule has 1 N–H and O–H groups in total. The van der Waals surface area contributed by atoms with E-state index in [2.05, 4.69) is 26.1 Å². The molecule has 0 aromatic carbocycles. The van der Waals surface area contributed by atoms with Gasteiger partial charge in [-0.2, -0.15) is 0 Å². The summed E-state index contributed by atoms with van der Waals surface area (Å²) in [7, 11) is 0. The standard InChI is InChI=1S/C14H29N/c1-4-5-9-14(12-15-13(2)3)10-7-6-8-11-14/h13,15H,4-12H2,1-3H3. The Labute approximate surface area is 96.0 Å². The number of nitrogens with one attached hydrogen (secondary N) is 1. The average Bonchev–Trinajstić information content (AvgIpc) is 2.25. The monoisotopic (exact) mass is 211 g/mol. The van der Waals surface area contributed by atoms with Crippen molar-refractivity contribution >= 4 is 0 Å². The molecule has 0 amide bonds. The van der Waals surface area contributed by atoms with E-state index in [1.165, 1.54) is 57.9 Å². The quantitative estimate of drug-likeness (QED) is 0.696. The summed E-state index contributed by atoms with van der Waals surface area (Å²) >= 11 is 0. The molecule has 15 heavy (non-hydrogen) atoms. The van der Waals surface area contributed by atoms with E-state index < -0.39 is 0 Å². The van der Waals surface area contributed by atoms with Crippen molar-refractivity contribution in [3.63, 3.8) is 0 Å². The first-order valence-corrected chi connectivity index (χ1v) is 6.92. The molecule has 1 aliphatic carbocycles. The van der Waals surface area contributed by atoms with E-state index in [0.29, 0.717) is 11.5 Å². The van der Waals surface area contributed by atoms with E-state index in [1.807, 2.05) is 0 Å². The summed E-state index contributed by atoms with van der Waals surface area (Å²) in [5.74, 6) is 0. The van der Waals surface area contributed by atoms with Gasteiger partial charge in [0.25, 0.3) is 0 Å². The zero-order chi connectivity index (χ0) is 11.1. The van der Waals surface area contributed by atoms with Crippen molar-refractivity contribution in [3.05, 3.63) is 0 Å². The summed E-state index contributed by atoms with van der Waals surface area (Å²) in [4.78, 5) is 0. The maximum Gasteiger partial charge on any atom is 0.00106 e. The summed E-state index contributed by atoms with van der Waals surface area (Å²) < 4.78 is 0. The highest BCUT2D eigenvalue weighted by molar-refractivity contribution is 4.85. The van der Waals surface area contributed by atoms with E-state index in [-0.39, 0.29) is 0 Å². The van der Waals surface area contributed by atoms with Gasteiger partial charge in [-0.25, -0.2) is 0 Å². The largest absolute Gasteiger partial charge is 0.314 e. The van der Waals surface area contributed by atoms with Crippen LogP contribution in [0.2, 0.25) is 0 Å². The van der Waals surface area contributed by atoms with E-state index in [9.17, 15) is 0 Å². The Hall–Kier alpha value is -0.0400. The molecule has 0 atom stereocenters. The molecule has 0 heterocycles. The third-order valence-electron chi connectivity index (χ3n) is 3.86. The highest BCUT2D eigenvalue weighted by Gasteiger charge is 2.30. The van der Waals surface area contributed by atoms with E-state index in [0.717, 1.165) is 0 Å². The van der Waals surface area contributed by atoms with Crippen LogP contribution in [-0.4, -0.2) is 12.6 Å².